The number of carboxylic acid groups (broad SMARTS) is 1. The molecule has 1 heterocycles. The predicted octanol–water partition coefficient (Wildman–Crippen LogP) is -2.21. The van der Waals surface area contributed by atoms with Crippen LogP contribution in [0, 0.1) is 5.92 Å². The average Bonchev–Trinajstić information content (AvgIpc) is 3.20. The molecule has 174 valence electrons. The van der Waals surface area contributed by atoms with E-state index in [1.807, 2.05) is 0 Å². The molecule has 31 heavy (non-hydrogen) atoms. The first kappa shape index (κ1) is 26.4. The number of carbonyl (C=O) groups is 4. The minimum Gasteiger partial charge on any atom is -0.480 e. The third kappa shape index (κ3) is 8.19. The SMILES string of the molecule is CC(C)C(NC(=O)C(NC(=O)C(N)CS)C(C)O)C(=O)NC(Cc1cnc[nH]1)C(=O)O. The topological polar surface area (TPSA) is 200 Å². The first-order chi connectivity index (χ1) is 14.5. The number of carbonyl (C=O) groups excluding carboxylic acids is 3. The fraction of sp³-hybridized carbons (Fsp3) is 0.611. The summed E-state index contributed by atoms with van der Waals surface area (Å²) in [7, 11) is 0. The number of imidazole rings is 1. The lowest BCUT2D eigenvalue weighted by Gasteiger charge is -2.28. The lowest BCUT2D eigenvalue weighted by atomic mass is 10.0. The lowest BCUT2D eigenvalue weighted by Crippen LogP contribution is -2.61. The van der Waals surface area contributed by atoms with Gasteiger partial charge in [0.05, 0.1) is 18.5 Å². The van der Waals surface area contributed by atoms with E-state index in [2.05, 4.69) is 38.5 Å². The van der Waals surface area contributed by atoms with E-state index in [0.717, 1.165) is 0 Å². The summed E-state index contributed by atoms with van der Waals surface area (Å²) in [4.78, 5) is 55.5. The van der Waals surface area contributed by atoms with Crippen LogP contribution in [0.3, 0.4) is 0 Å². The first-order valence-electron chi connectivity index (χ1n) is 9.63. The number of aliphatic hydroxyl groups excluding tert-OH is 1. The van der Waals surface area contributed by atoms with Gasteiger partial charge in [-0.25, -0.2) is 9.78 Å². The molecule has 12 nitrogen and oxygen atoms in total. The van der Waals surface area contributed by atoms with Gasteiger partial charge in [-0.15, -0.1) is 0 Å². The number of aromatic nitrogens is 2. The van der Waals surface area contributed by atoms with Crippen molar-refractivity contribution in [3.8, 4) is 0 Å². The number of thiol groups is 1. The summed E-state index contributed by atoms with van der Waals surface area (Å²) in [5.74, 6) is -3.87. The Labute approximate surface area is 185 Å². The molecule has 1 aromatic heterocycles. The highest BCUT2D eigenvalue weighted by molar-refractivity contribution is 7.80. The molecule has 5 atom stereocenters. The van der Waals surface area contributed by atoms with Crippen molar-refractivity contribution in [2.45, 2.75) is 57.5 Å². The van der Waals surface area contributed by atoms with Crippen LogP contribution in [0.25, 0.3) is 0 Å². The number of nitrogens with zero attached hydrogens (tertiary/aromatic N) is 1. The Morgan fingerprint density at radius 2 is 1.68 bits per heavy atom. The molecule has 0 bridgehead atoms. The zero-order chi connectivity index (χ0) is 23.7. The van der Waals surface area contributed by atoms with Gasteiger partial charge in [0.2, 0.25) is 17.7 Å². The Morgan fingerprint density at radius 1 is 1.10 bits per heavy atom. The van der Waals surface area contributed by atoms with Gasteiger partial charge in [0, 0.05) is 24.1 Å². The second kappa shape index (κ2) is 12.3. The van der Waals surface area contributed by atoms with Crippen molar-refractivity contribution in [3.05, 3.63) is 18.2 Å². The molecule has 13 heteroatoms. The van der Waals surface area contributed by atoms with Crippen LogP contribution in [0.4, 0.5) is 0 Å². The van der Waals surface area contributed by atoms with Gasteiger partial charge < -0.3 is 36.9 Å². The Morgan fingerprint density at radius 3 is 2.13 bits per heavy atom. The van der Waals surface area contributed by atoms with Gasteiger partial charge in [-0.3, -0.25) is 14.4 Å². The highest BCUT2D eigenvalue weighted by Gasteiger charge is 2.33. The number of aliphatic hydroxyl groups is 1. The highest BCUT2D eigenvalue weighted by Crippen LogP contribution is 2.06. The van der Waals surface area contributed by atoms with Gasteiger partial charge in [-0.2, -0.15) is 12.6 Å². The second-order valence-corrected chi connectivity index (χ2v) is 7.79. The van der Waals surface area contributed by atoms with Gasteiger partial charge in [-0.1, -0.05) is 13.8 Å². The first-order valence-corrected chi connectivity index (χ1v) is 10.3. The minimum atomic E-state index is -1.37. The maximum atomic E-state index is 12.7. The van der Waals surface area contributed by atoms with E-state index < -0.39 is 59.9 Å². The molecule has 0 aliphatic carbocycles. The number of hydrogen-bond donors (Lipinski definition) is 8. The summed E-state index contributed by atoms with van der Waals surface area (Å²) in [6.07, 6.45) is 1.51. The third-order valence-corrected chi connectivity index (χ3v) is 4.83. The highest BCUT2D eigenvalue weighted by atomic mass is 32.1. The van der Waals surface area contributed by atoms with Crippen LogP contribution in [-0.2, 0) is 25.6 Å². The maximum Gasteiger partial charge on any atom is 0.326 e. The molecule has 0 aliphatic heterocycles. The van der Waals surface area contributed by atoms with E-state index in [1.54, 1.807) is 13.8 Å². The minimum absolute atomic E-state index is 0.0317. The average molecular weight is 459 g/mol. The Bertz CT molecular complexity index is 757. The van der Waals surface area contributed by atoms with E-state index in [4.69, 9.17) is 5.73 Å². The van der Waals surface area contributed by atoms with Crippen molar-refractivity contribution in [3.63, 3.8) is 0 Å². The Balaban J connectivity index is 2.90. The van der Waals surface area contributed by atoms with Crippen LogP contribution in [0.15, 0.2) is 12.5 Å². The normalized spacial score (nSPS) is 16.0. The number of rotatable bonds is 12. The number of amides is 3. The number of carboxylic acids is 1. The number of nitrogens with two attached hydrogens (primary N) is 1. The van der Waals surface area contributed by atoms with Gasteiger partial charge in [0.15, 0.2) is 0 Å². The monoisotopic (exact) mass is 458 g/mol. The van der Waals surface area contributed by atoms with Crippen LogP contribution in [0.5, 0.6) is 0 Å². The fourth-order valence-electron chi connectivity index (χ4n) is 2.60. The molecular formula is C18H30N6O6S. The molecule has 0 saturated heterocycles. The van der Waals surface area contributed by atoms with Gasteiger partial charge in [-0.05, 0) is 12.8 Å². The summed E-state index contributed by atoms with van der Waals surface area (Å²) in [5, 5.41) is 26.5. The zero-order valence-electron chi connectivity index (χ0n) is 17.5. The van der Waals surface area contributed by atoms with E-state index in [0.29, 0.717) is 5.69 Å². The molecule has 3 amide bonds. The zero-order valence-corrected chi connectivity index (χ0v) is 18.4. The summed E-state index contributed by atoms with van der Waals surface area (Å²) in [5.41, 5.74) is 6.08. The number of nitrogens with one attached hydrogen (secondary N) is 4. The van der Waals surface area contributed by atoms with E-state index in [1.165, 1.54) is 19.4 Å². The van der Waals surface area contributed by atoms with Crippen molar-refractivity contribution < 1.29 is 29.4 Å². The third-order valence-electron chi connectivity index (χ3n) is 4.44. The van der Waals surface area contributed by atoms with Crippen molar-refractivity contribution >= 4 is 36.3 Å². The summed E-state index contributed by atoms with van der Waals surface area (Å²) < 4.78 is 0. The molecule has 0 spiro atoms. The number of H-pyrrole nitrogens is 1. The van der Waals surface area contributed by atoms with E-state index in [9.17, 15) is 29.4 Å². The number of aromatic amines is 1. The Hall–Kier alpha value is -2.64. The largest absolute Gasteiger partial charge is 0.480 e. The molecule has 1 rings (SSSR count). The Kier molecular flexibility index (Phi) is 10.4. The molecule has 0 aliphatic rings. The van der Waals surface area contributed by atoms with Crippen LogP contribution in [-0.4, -0.2) is 79.9 Å². The molecule has 8 N–H and O–H groups in total. The molecule has 0 fully saturated rings. The quantitative estimate of drug-likeness (QED) is 0.161. The van der Waals surface area contributed by atoms with Crippen LogP contribution in [0.1, 0.15) is 26.5 Å². The number of aliphatic carboxylic acids is 1. The molecule has 5 unspecified atom stereocenters. The van der Waals surface area contributed by atoms with Crippen molar-refractivity contribution in [2.75, 3.05) is 5.75 Å². The van der Waals surface area contributed by atoms with Crippen LogP contribution in [0.2, 0.25) is 0 Å². The molecule has 0 saturated carbocycles. The fourth-order valence-corrected chi connectivity index (χ4v) is 2.77. The van der Waals surface area contributed by atoms with Crippen LogP contribution < -0.4 is 21.7 Å². The standard InChI is InChI=1S/C18H30N6O6S/c1-8(2)13(16(27)22-12(18(29)30)4-10-5-20-7-21-10)23-17(28)14(9(3)25)24-15(26)11(19)6-31/h5,7-9,11-14,25,31H,4,6,19H2,1-3H3,(H,20,21)(H,22,27)(H,23,28)(H,24,26)(H,29,30). The summed E-state index contributed by atoms with van der Waals surface area (Å²) in [6.45, 7) is 4.61. The van der Waals surface area contributed by atoms with Gasteiger partial charge >= 0.3 is 5.97 Å². The van der Waals surface area contributed by atoms with E-state index >= 15 is 0 Å². The predicted molar refractivity (Wildman–Crippen MR) is 114 cm³/mol. The molecule has 0 aromatic carbocycles. The molecule has 1 aromatic rings. The molecule has 0 radical (unpaired) electrons. The van der Waals surface area contributed by atoms with Crippen LogP contribution >= 0.6 is 12.6 Å². The van der Waals surface area contributed by atoms with E-state index in [-0.39, 0.29) is 12.2 Å². The van der Waals surface area contributed by atoms with Crippen molar-refractivity contribution in [1.82, 2.24) is 25.9 Å². The summed E-state index contributed by atoms with van der Waals surface area (Å²) in [6, 6.07) is -4.73. The smallest absolute Gasteiger partial charge is 0.326 e. The van der Waals surface area contributed by atoms with Crippen molar-refractivity contribution in [2.24, 2.45) is 11.7 Å². The lowest BCUT2D eigenvalue weighted by molar-refractivity contribution is -0.142. The second-order valence-electron chi connectivity index (χ2n) is 7.43. The molecular weight excluding hydrogens is 428 g/mol. The maximum absolute atomic E-state index is 12.7. The summed E-state index contributed by atoms with van der Waals surface area (Å²) >= 11 is 3.91. The van der Waals surface area contributed by atoms with Gasteiger partial charge in [0.1, 0.15) is 18.1 Å². The number of hydrogen-bond acceptors (Lipinski definition) is 8. The van der Waals surface area contributed by atoms with Crippen molar-refractivity contribution in [1.29, 1.82) is 0 Å². The van der Waals surface area contributed by atoms with Gasteiger partial charge in [0.25, 0.3) is 0 Å².